The van der Waals surface area contributed by atoms with Crippen LogP contribution in [0, 0.1) is 6.92 Å². The third kappa shape index (κ3) is 5.50. The largest absolute Gasteiger partial charge is 0.469 e. The minimum absolute atomic E-state index is 0.0166. The van der Waals surface area contributed by atoms with E-state index in [9.17, 15) is 4.57 Å². The number of phosphoric ester groups is 1. The van der Waals surface area contributed by atoms with Crippen molar-refractivity contribution < 1.29 is 18.9 Å². The molecule has 1 fully saturated rings. The fourth-order valence-corrected chi connectivity index (χ4v) is 2.71. The van der Waals surface area contributed by atoms with Gasteiger partial charge in [0.15, 0.2) is 0 Å². The Morgan fingerprint density at radius 3 is 2.57 bits per heavy atom. The van der Waals surface area contributed by atoms with Gasteiger partial charge in [-0.05, 0) is 6.92 Å². The summed E-state index contributed by atoms with van der Waals surface area (Å²) in [5.74, 6) is 1.44. The summed E-state index contributed by atoms with van der Waals surface area (Å²) < 4.78 is 15.0. The lowest BCUT2D eigenvalue weighted by molar-refractivity contribution is 0.157. The summed E-state index contributed by atoms with van der Waals surface area (Å²) in [5.41, 5.74) is 0. The fraction of sp³-hybridized carbons (Fsp3) is 0.636. The van der Waals surface area contributed by atoms with Crippen LogP contribution in [-0.4, -0.2) is 64.0 Å². The van der Waals surface area contributed by atoms with Crippen molar-refractivity contribution in [1.29, 1.82) is 0 Å². The van der Waals surface area contributed by atoms with Gasteiger partial charge in [0.2, 0.25) is 0 Å². The van der Waals surface area contributed by atoms with E-state index >= 15 is 0 Å². The van der Waals surface area contributed by atoms with E-state index in [4.69, 9.17) is 21.4 Å². The number of nitrogens with zero attached hydrogens (tertiary/aromatic N) is 4. The summed E-state index contributed by atoms with van der Waals surface area (Å²) in [4.78, 5) is 29.8. The molecule has 0 aromatic carbocycles. The van der Waals surface area contributed by atoms with Crippen molar-refractivity contribution in [1.82, 2.24) is 14.9 Å². The molecule has 0 atom stereocenters. The second kappa shape index (κ2) is 7.00. The fourth-order valence-electron chi connectivity index (χ4n) is 2.17. The Labute approximate surface area is 127 Å². The molecule has 0 spiro atoms. The Kier molecular flexibility index (Phi) is 5.54. The number of halogens is 1. The molecule has 10 heteroatoms. The molecule has 1 aliphatic rings. The van der Waals surface area contributed by atoms with Gasteiger partial charge in [-0.1, -0.05) is 11.6 Å². The van der Waals surface area contributed by atoms with Crippen LogP contribution in [-0.2, 0) is 9.09 Å². The van der Waals surface area contributed by atoms with Gasteiger partial charge in [0.25, 0.3) is 0 Å². The lowest BCUT2D eigenvalue weighted by Crippen LogP contribution is -2.47. The van der Waals surface area contributed by atoms with Crippen molar-refractivity contribution in [2.45, 2.75) is 6.92 Å². The van der Waals surface area contributed by atoms with Crippen molar-refractivity contribution in [3.8, 4) is 0 Å². The van der Waals surface area contributed by atoms with Crippen molar-refractivity contribution in [3.05, 3.63) is 17.0 Å². The molecule has 0 saturated carbocycles. The molecule has 1 aliphatic heterocycles. The van der Waals surface area contributed by atoms with Crippen molar-refractivity contribution in [2.75, 3.05) is 44.2 Å². The zero-order valence-electron chi connectivity index (χ0n) is 11.6. The first-order valence-corrected chi connectivity index (χ1v) is 8.43. The molecule has 0 bridgehead atoms. The molecule has 2 N–H and O–H groups in total. The van der Waals surface area contributed by atoms with Crippen LogP contribution in [0.15, 0.2) is 6.07 Å². The number of anilines is 1. The highest BCUT2D eigenvalue weighted by atomic mass is 35.5. The van der Waals surface area contributed by atoms with Crippen LogP contribution in [0.4, 0.5) is 5.82 Å². The Morgan fingerprint density at radius 1 is 1.33 bits per heavy atom. The van der Waals surface area contributed by atoms with Crippen LogP contribution >= 0.6 is 19.4 Å². The van der Waals surface area contributed by atoms with Gasteiger partial charge in [-0.3, -0.25) is 9.42 Å². The molecule has 0 radical (unpaired) electrons. The first-order valence-electron chi connectivity index (χ1n) is 6.52. The SMILES string of the molecule is Cc1nc(Cl)cc(N2CCN(CCOP(=O)(O)O)CC2)n1. The Bertz CT molecular complexity index is 513. The molecule has 118 valence electrons. The standard InChI is InChI=1S/C11H18ClN4O4P/c1-9-13-10(12)8-11(14-9)16-4-2-15(3-5-16)6-7-20-21(17,18)19/h8H,2-7H2,1H3,(H2,17,18,19). The second-order valence-corrected chi connectivity index (χ2v) is 6.38. The molecule has 2 heterocycles. The van der Waals surface area contributed by atoms with Crippen LogP contribution in [0.5, 0.6) is 0 Å². The number of piperazine rings is 1. The molecule has 8 nitrogen and oxygen atoms in total. The molecule has 1 aromatic heterocycles. The van der Waals surface area contributed by atoms with E-state index in [1.165, 1.54) is 0 Å². The number of phosphoric acid groups is 1. The Hall–Kier alpha value is -0.760. The predicted octanol–water partition coefficient (Wildman–Crippen LogP) is 0.670. The normalized spacial score (nSPS) is 17.2. The Morgan fingerprint density at radius 2 is 2.00 bits per heavy atom. The number of aromatic nitrogens is 2. The lowest BCUT2D eigenvalue weighted by Gasteiger charge is -2.35. The highest BCUT2D eigenvalue weighted by molar-refractivity contribution is 7.46. The number of hydrogen-bond donors (Lipinski definition) is 2. The van der Waals surface area contributed by atoms with Gasteiger partial charge >= 0.3 is 7.82 Å². The quantitative estimate of drug-likeness (QED) is 0.598. The Balaban J connectivity index is 1.81. The minimum atomic E-state index is -4.37. The highest BCUT2D eigenvalue weighted by Crippen LogP contribution is 2.35. The zero-order chi connectivity index (χ0) is 15.5. The minimum Gasteiger partial charge on any atom is -0.354 e. The van der Waals surface area contributed by atoms with Gasteiger partial charge in [-0.15, -0.1) is 0 Å². The van der Waals surface area contributed by atoms with E-state index in [1.54, 1.807) is 13.0 Å². The van der Waals surface area contributed by atoms with E-state index in [0.29, 0.717) is 17.5 Å². The molecule has 0 amide bonds. The average molecular weight is 337 g/mol. The smallest absolute Gasteiger partial charge is 0.354 e. The number of aryl methyl sites for hydroxylation is 1. The summed E-state index contributed by atoms with van der Waals surface area (Å²) in [6.45, 7) is 5.37. The van der Waals surface area contributed by atoms with Gasteiger partial charge in [0.05, 0.1) is 6.61 Å². The summed E-state index contributed by atoms with van der Waals surface area (Å²) in [5, 5.41) is 0.426. The van der Waals surface area contributed by atoms with Gasteiger partial charge < -0.3 is 14.7 Å². The van der Waals surface area contributed by atoms with Crippen LogP contribution in [0.1, 0.15) is 5.82 Å². The highest BCUT2D eigenvalue weighted by Gasteiger charge is 2.20. The lowest BCUT2D eigenvalue weighted by atomic mass is 10.3. The molecular weight excluding hydrogens is 319 g/mol. The summed E-state index contributed by atoms with van der Waals surface area (Å²) in [6, 6.07) is 1.74. The molecule has 0 aliphatic carbocycles. The van der Waals surface area contributed by atoms with Crippen LogP contribution in [0.25, 0.3) is 0 Å². The van der Waals surface area contributed by atoms with Gasteiger partial charge in [0.1, 0.15) is 16.8 Å². The summed E-state index contributed by atoms with van der Waals surface area (Å²) >= 11 is 5.93. The summed E-state index contributed by atoms with van der Waals surface area (Å²) in [7, 11) is -4.37. The van der Waals surface area contributed by atoms with Crippen LogP contribution < -0.4 is 4.90 Å². The van der Waals surface area contributed by atoms with Crippen molar-refractivity contribution in [3.63, 3.8) is 0 Å². The average Bonchev–Trinajstić information content (AvgIpc) is 2.37. The van der Waals surface area contributed by atoms with E-state index in [2.05, 4.69) is 24.3 Å². The zero-order valence-corrected chi connectivity index (χ0v) is 13.3. The topological polar surface area (TPSA) is 99.0 Å². The number of hydrogen-bond acceptors (Lipinski definition) is 6. The van der Waals surface area contributed by atoms with E-state index in [0.717, 1.165) is 32.0 Å². The van der Waals surface area contributed by atoms with Crippen LogP contribution in [0.2, 0.25) is 5.15 Å². The monoisotopic (exact) mass is 336 g/mol. The second-order valence-electron chi connectivity index (χ2n) is 4.75. The van der Waals surface area contributed by atoms with Crippen molar-refractivity contribution >= 4 is 25.2 Å². The van der Waals surface area contributed by atoms with Gasteiger partial charge in [-0.2, -0.15) is 0 Å². The maximum absolute atomic E-state index is 10.6. The molecule has 1 aromatic rings. The van der Waals surface area contributed by atoms with Crippen molar-refractivity contribution in [2.24, 2.45) is 0 Å². The molecule has 2 rings (SSSR count). The number of rotatable bonds is 5. The first kappa shape index (κ1) is 16.6. The predicted molar refractivity (Wildman–Crippen MR) is 78.4 cm³/mol. The van der Waals surface area contributed by atoms with E-state index in [-0.39, 0.29) is 6.61 Å². The van der Waals surface area contributed by atoms with Gasteiger partial charge in [-0.25, -0.2) is 14.5 Å². The third-order valence-corrected chi connectivity index (χ3v) is 3.87. The maximum Gasteiger partial charge on any atom is 0.469 e. The summed E-state index contributed by atoms with van der Waals surface area (Å²) in [6.07, 6.45) is 0. The van der Waals surface area contributed by atoms with Gasteiger partial charge in [0, 0.05) is 38.8 Å². The van der Waals surface area contributed by atoms with Crippen LogP contribution in [0.3, 0.4) is 0 Å². The van der Waals surface area contributed by atoms with E-state index < -0.39 is 7.82 Å². The third-order valence-electron chi connectivity index (χ3n) is 3.16. The molecule has 0 unspecified atom stereocenters. The molecular formula is C11H18ClN4O4P. The van der Waals surface area contributed by atoms with E-state index in [1.807, 2.05) is 0 Å². The first-order chi connectivity index (χ1) is 9.83. The maximum atomic E-state index is 10.6. The molecule has 21 heavy (non-hydrogen) atoms. The molecule has 1 saturated heterocycles.